The van der Waals surface area contributed by atoms with Crippen molar-refractivity contribution in [2.75, 3.05) is 18.0 Å². The standard InChI is InChI=1S/C18H22N4O3/c1-12(2)21-13(3)19-17(16(18(21)23)22(24)25)20-10-8-14-6-4-5-7-15(14)9-11-20/h4-7,12H,8-11H2,1-3H3. The highest BCUT2D eigenvalue weighted by atomic mass is 16.6. The van der Waals surface area contributed by atoms with Gasteiger partial charge in [0.2, 0.25) is 5.82 Å². The maximum atomic E-state index is 12.7. The Labute approximate surface area is 146 Å². The molecule has 1 aromatic carbocycles. The molecule has 1 aromatic heterocycles. The average molecular weight is 342 g/mol. The smallest absolute Gasteiger partial charge is 0.350 e. The van der Waals surface area contributed by atoms with Gasteiger partial charge in [0, 0.05) is 19.1 Å². The van der Waals surface area contributed by atoms with Crippen LogP contribution in [0.15, 0.2) is 29.1 Å². The number of hydrogen-bond acceptors (Lipinski definition) is 5. The molecule has 0 bridgehead atoms. The number of hydrogen-bond donors (Lipinski definition) is 0. The molecule has 7 heteroatoms. The highest BCUT2D eigenvalue weighted by Gasteiger charge is 2.30. The Bertz CT molecular complexity index is 846. The fourth-order valence-electron chi connectivity index (χ4n) is 3.48. The van der Waals surface area contributed by atoms with E-state index in [0.29, 0.717) is 18.9 Å². The number of anilines is 1. The topological polar surface area (TPSA) is 81.3 Å². The van der Waals surface area contributed by atoms with Crippen molar-refractivity contribution in [3.05, 3.63) is 61.7 Å². The summed E-state index contributed by atoms with van der Waals surface area (Å²) in [5, 5.41) is 11.6. The van der Waals surface area contributed by atoms with Crippen LogP contribution in [0.2, 0.25) is 0 Å². The molecule has 0 amide bonds. The number of nitro groups is 1. The molecular weight excluding hydrogens is 320 g/mol. The number of fused-ring (bicyclic) bond motifs is 1. The second-order valence-electron chi connectivity index (χ2n) is 6.61. The van der Waals surface area contributed by atoms with Gasteiger partial charge in [-0.05, 0) is 44.7 Å². The molecule has 2 aromatic rings. The molecule has 1 aliphatic heterocycles. The van der Waals surface area contributed by atoms with E-state index >= 15 is 0 Å². The average Bonchev–Trinajstić information content (AvgIpc) is 2.76. The van der Waals surface area contributed by atoms with E-state index in [-0.39, 0.29) is 11.9 Å². The second-order valence-corrected chi connectivity index (χ2v) is 6.61. The first-order chi connectivity index (χ1) is 11.9. The number of benzene rings is 1. The molecule has 1 aliphatic rings. The Hall–Kier alpha value is -2.70. The van der Waals surface area contributed by atoms with Crippen molar-refractivity contribution >= 4 is 11.5 Å². The quantitative estimate of drug-likeness (QED) is 0.633. The van der Waals surface area contributed by atoms with Gasteiger partial charge in [0.15, 0.2) is 0 Å². The van der Waals surface area contributed by atoms with E-state index in [1.54, 1.807) is 6.92 Å². The Kier molecular flexibility index (Phi) is 4.57. The highest BCUT2D eigenvalue weighted by Crippen LogP contribution is 2.26. The molecule has 0 atom stereocenters. The summed E-state index contributed by atoms with van der Waals surface area (Å²) in [4.78, 5) is 30.0. The molecule has 132 valence electrons. The Balaban J connectivity index is 2.06. The summed E-state index contributed by atoms with van der Waals surface area (Å²) in [5.74, 6) is 0.694. The Morgan fingerprint density at radius 3 is 2.20 bits per heavy atom. The maximum Gasteiger partial charge on any atom is 0.376 e. The third-order valence-corrected chi connectivity index (χ3v) is 4.67. The Morgan fingerprint density at radius 1 is 1.16 bits per heavy atom. The summed E-state index contributed by atoms with van der Waals surface area (Å²) in [6, 6.07) is 8.00. The number of rotatable bonds is 3. The molecule has 0 saturated heterocycles. The minimum Gasteiger partial charge on any atom is -0.350 e. The zero-order valence-electron chi connectivity index (χ0n) is 14.7. The van der Waals surface area contributed by atoms with Crippen LogP contribution in [0.4, 0.5) is 11.5 Å². The van der Waals surface area contributed by atoms with Crippen molar-refractivity contribution in [3.8, 4) is 0 Å². The lowest BCUT2D eigenvalue weighted by molar-refractivity contribution is -0.386. The fraction of sp³-hybridized carbons (Fsp3) is 0.444. The predicted molar refractivity (Wildman–Crippen MR) is 96.3 cm³/mol. The predicted octanol–water partition coefficient (Wildman–Crippen LogP) is 2.65. The van der Waals surface area contributed by atoms with E-state index in [1.807, 2.05) is 30.9 Å². The lowest BCUT2D eigenvalue weighted by atomic mass is 10.0. The van der Waals surface area contributed by atoms with Crippen molar-refractivity contribution in [1.82, 2.24) is 9.55 Å². The van der Waals surface area contributed by atoms with Crippen molar-refractivity contribution in [1.29, 1.82) is 0 Å². The molecular formula is C18H22N4O3. The summed E-state index contributed by atoms with van der Waals surface area (Å²) in [6.07, 6.45) is 1.56. The molecule has 25 heavy (non-hydrogen) atoms. The van der Waals surface area contributed by atoms with Crippen LogP contribution in [-0.2, 0) is 12.8 Å². The number of aromatic nitrogens is 2. The molecule has 7 nitrogen and oxygen atoms in total. The van der Waals surface area contributed by atoms with E-state index in [4.69, 9.17) is 0 Å². The van der Waals surface area contributed by atoms with Crippen molar-refractivity contribution in [2.24, 2.45) is 0 Å². The van der Waals surface area contributed by atoms with Gasteiger partial charge in [-0.2, -0.15) is 0 Å². The summed E-state index contributed by atoms with van der Waals surface area (Å²) in [5.41, 5.74) is 1.49. The summed E-state index contributed by atoms with van der Waals surface area (Å²) in [6.45, 7) is 6.58. The van der Waals surface area contributed by atoms with Gasteiger partial charge >= 0.3 is 11.2 Å². The monoisotopic (exact) mass is 342 g/mol. The third kappa shape index (κ3) is 3.14. The first kappa shape index (κ1) is 17.1. The van der Waals surface area contributed by atoms with Crippen molar-refractivity contribution in [3.63, 3.8) is 0 Å². The van der Waals surface area contributed by atoms with Gasteiger partial charge in [0.25, 0.3) is 0 Å². The molecule has 0 aliphatic carbocycles. The van der Waals surface area contributed by atoms with E-state index in [2.05, 4.69) is 17.1 Å². The molecule has 0 radical (unpaired) electrons. The van der Waals surface area contributed by atoms with Gasteiger partial charge < -0.3 is 4.90 Å². The SMILES string of the molecule is Cc1nc(N2CCc3ccccc3CC2)c([N+](=O)[O-])c(=O)n1C(C)C. The Morgan fingerprint density at radius 2 is 1.72 bits per heavy atom. The van der Waals surface area contributed by atoms with E-state index in [0.717, 1.165) is 12.8 Å². The van der Waals surface area contributed by atoms with E-state index in [1.165, 1.54) is 15.7 Å². The zero-order valence-corrected chi connectivity index (χ0v) is 14.7. The summed E-state index contributed by atoms with van der Waals surface area (Å²) in [7, 11) is 0. The molecule has 0 unspecified atom stereocenters. The fourth-order valence-corrected chi connectivity index (χ4v) is 3.48. The van der Waals surface area contributed by atoms with Crippen LogP contribution < -0.4 is 10.5 Å². The molecule has 3 rings (SSSR count). The molecule has 0 N–H and O–H groups in total. The van der Waals surface area contributed by atoms with Crippen molar-refractivity contribution < 1.29 is 4.92 Å². The molecule has 0 spiro atoms. The van der Waals surface area contributed by atoms with Crippen LogP contribution in [0, 0.1) is 17.0 Å². The summed E-state index contributed by atoms with van der Waals surface area (Å²) < 4.78 is 1.38. The molecule has 2 heterocycles. The first-order valence-corrected chi connectivity index (χ1v) is 8.49. The molecule has 0 fully saturated rings. The number of aryl methyl sites for hydroxylation is 1. The zero-order chi connectivity index (χ0) is 18.1. The van der Waals surface area contributed by atoms with E-state index in [9.17, 15) is 14.9 Å². The van der Waals surface area contributed by atoms with Gasteiger partial charge in [-0.25, -0.2) is 4.98 Å². The second kappa shape index (κ2) is 6.66. The van der Waals surface area contributed by atoms with Crippen LogP contribution >= 0.6 is 0 Å². The van der Waals surface area contributed by atoms with Gasteiger partial charge in [-0.3, -0.25) is 19.5 Å². The third-order valence-electron chi connectivity index (χ3n) is 4.67. The maximum absolute atomic E-state index is 12.7. The lowest BCUT2D eigenvalue weighted by Gasteiger charge is -2.23. The van der Waals surface area contributed by atoms with Crippen LogP contribution in [-0.4, -0.2) is 27.6 Å². The van der Waals surface area contributed by atoms with Crippen LogP contribution in [0.5, 0.6) is 0 Å². The number of nitrogens with zero attached hydrogens (tertiary/aromatic N) is 4. The minimum absolute atomic E-state index is 0.180. The van der Waals surface area contributed by atoms with Crippen LogP contribution in [0.1, 0.15) is 36.8 Å². The van der Waals surface area contributed by atoms with Gasteiger partial charge in [-0.15, -0.1) is 0 Å². The van der Waals surface area contributed by atoms with Gasteiger partial charge in [0.1, 0.15) is 5.82 Å². The normalized spacial score (nSPS) is 14.3. The van der Waals surface area contributed by atoms with Crippen molar-refractivity contribution in [2.45, 2.75) is 39.7 Å². The lowest BCUT2D eigenvalue weighted by Crippen LogP contribution is -2.34. The highest BCUT2D eigenvalue weighted by molar-refractivity contribution is 5.57. The van der Waals surface area contributed by atoms with Gasteiger partial charge in [0.05, 0.1) is 4.92 Å². The van der Waals surface area contributed by atoms with Crippen LogP contribution in [0.3, 0.4) is 0 Å². The van der Waals surface area contributed by atoms with Crippen LogP contribution in [0.25, 0.3) is 0 Å². The molecule has 0 saturated carbocycles. The largest absolute Gasteiger partial charge is 0.376 e. The first-order valence-electron chi connectivity index (χ1n) is 8.49. The summed E-state index contributed by atoms with van der Waals surface area (Å²) >= 11 is 0. The minimum atomic E-state index is -0.596. The van der Waals surface area contributed by atoms with E-state index < -0.39 is 16.2 Å². The van der Waals surface area contributed by atoms with Gasteiger partial charge in [-0.1, -0.05) is 24.3 Å².